The maximum absolute atomic E-state index is 6.15. The summed E-state index contributed by atoms with van der Waals surface area (Å²) in [7, 11) is 2.22. The Kier molecular flexibility index (Phi) is 4.01. The number of halogens is 1. The maximum Gasteiger partial charge on any atom is 0.0457 e. The van der Waals surface area contributed by atoms with Crippen molar-refractivity contribution in [2.24, 2.45) is 5.73 Å². The summed E-state index contributed by atoms with van der Waals surface area (Å²) in [4.78, 5) is 5.81. The van der Waals surface area contributed by atoms with E-state index in [-0.39, 0.29) is 0 Å². The maximum atomic E-state index is 6.15. The molecule has 1 fully saturated rings. The lowest BCUT2D eigenvalue weighted by atomic mass is 9.85. The molecule has 3 N–H and O–H groups in total. The minimum atomic E-state index is 0.368. The van der Waals surface area contributed by atoms with Crippen molar-refractivity contribution in [2.45, 2.75) is 31.2 Å². The third-order valence-corrected chi connectivity index (χ3v) is 4.86. The number of hydrogen-bond acceptors (Lipinski definition) is 2. The minimum Gasteiger partial charge on any atom is -0.361 e. The second kappa shape index (κ2) is 5.76. The SMILES string of the molecule is CN1CCCCC1C(CN)c1c[nH]c2ccc(Cl)cc12. The van der Waals surface area contributed by atoms with Gasteiger partial charge < -0.3 is 15.6 Å². The van der Waals surface area contributed by atoms with E-state index in [4.69, 9.17) is 17.3 Å². The molecule has 2 atom stereocenters. The Labute approximate surface area is 125 Å². The first-order valence-corrected chi connectivity index (χ1v) is 7.75. The topological polar surface area (TPSA) is 45.0 Å². The molecule has 1 aliphatic rings. The van der Waals surface area contributed by atoms with Crippen molar-refractivity contribution in [3.8, 4) is 0 Å². The van der Waals surface area contributed by atoms with Gasteiger partial charge in [0.05, 0.1) is 0 Å². The zero-order valence-corrected chi connectivity index (χ0v) is 12.7. The summed E-state index contributed by atoms with van der Waals surface area (Å²) < 4.78 is 0. The second-order valence-electron chi connectivity index (χ2n) is 5.82. The van der Waals surface area contributed by atoms with Crippen LogP contribution in [0.4, 0.5) is 0 Å². The molecule has 0 amide bonds. The van der Waals surface area contributed by atoms with Crippen LogP contribution in [0.2, 0.25) is 5.02 Å². The Morgan fingerprint density at radius 1 is 1.45 bits per heavy atom. The van der Waals surface area contributed by atoms with Gasteiger partial charge in [-0.05, 0) is 50.2 Å². The average molecular weight is 292 g/mol. The van der Waals surface area contributed by atoms with E-state index >= 15 is 0 Å². The highest BCUT2D eigenvalue weighted by molar-refractivity contribution is 6.31. The molecule has 108 valence electrons. The molecule has 20 heavy (non-hydrogen) atoms. The van der Waals surface area contributed by atoms with Crippen LogP contribution in [-0.4, -0.2) is 36.1 Å². The third kappa shape index (κ3) is 2.46. The van der Waals surface area contributed by atoms with Crippen LogP contribution in [0, 0.1) is 0 Å². The van der Waals surface area contributed by atoms with Crippen molar-refractivity contribution in [2.75, 3.05) is 20.1 Å². The molecule has 1 aromatic heterocycles. The van der Waals surface area contributed by atoms with Gasteiger partial charge in [0, 0.05) is 40.6 Å². The van der Waals surface area contributed by atoms with Gasteiger partial charge in [-0.2, -0.15) is 0 Å². The number of aromatic nitrogens is 1. The van der Waals surface area contributed by atoms with Crippen LogP contribution in [0.3, 0.4) is 0 Å². The number of benzene rings is 1. The number of likely N-dealkylation sites (N-methyl/N-ethyl adjacent to an activating group) is 1. The summed E-state index contributed by atoms with van der Waals surface area (Å²) in [6.45, 7) is 1.85. The standard InChI is InChI=1S/C16H22ClN3/c1-20-7-3-2-4-16(20)13(9-18)14-10-19-15-6-5-11(17)8-12(14)15/h5-6,8,10,13,16,19H,2-4,7,9,18H2,1H3. The van der Waals surface area contributed by atoms with Crippen LogP contribution in [0.15, 0.2) is 24.4 Å². The van der Waals surface area contributed by atoms with E-state index < -0.39 is 0 Å². The van der Waals surface area contributed by atoms with Gasteiger partial charge in [0.25, 0.3) is 0 Å². The van der Waals surface area contributed by atoms with E-state index in [2.05, 4.69) is 23.1 Å². The normalized spacial score (nSPS) is 22.2. The van der Waals surface area contributed by atoms with E-state index in [9.17, 15) is 0 Å². The van der Waals surface area contributed by atoms with Crippen LogP contribution in [0.5, 0.6) is 0 Å². The molecule has 0 spiro atoms. The van der Waals surface area contributed by atoms with E-state index in [1.165, 1.54) is 36.8 Å². The number of likely N-dealkylation sites (tertiary alicyclic amines) is 1. The van der Waals surface area contributed by atoms with Crippen molar-refractivity contribution < 1.29 is 0 Å². The van der Waals surface area contributed by atoms with Gasteiger partial charge in [-0.1, -0.05) is 18.0 Å². The molecule has 1 aromatic carbocycles. The van der Waals surface area contributed by atoms with Gasteiger partial charge in [-0.3, -0.25) is 0 Å². The lowest BCUT2D eigenvalue weighted by Crippen LogP contribution is -2.42. The predicted octanol–water partition coefficient (Wildman–Crippen LogP) is 3.35. The summed E-state index contributed by atoms with van der Waals surface area (Å²) in [6, 6.07) is 6.55. The Hall–Kier alpha value is -1.03. The largest absolute Gasteiger partial charge is 0.361 e. The van der Waals surface area contributed by atoms with E-state index in [0.29, 0.717) is 18.5 Å². The van der Waals surface area contributed by atoms with Gasteiger partial charge in [-0.25, -0.2) is 0 Å². The highest BCUT2D eigenvalue weighted by Gasteiger charge is 2.29. The monoisotopic (exact) mass is 291 g/mol. The Morgan fingerprint density at radius 3 is 3.05 bits per heavy atom. The van der Waals surface area contributed by atoms with Crippen molar-refractivity contribution >= 4 is 22.5 Å². The van der Waals surface area contributed by atoms with Gasteiger partial charge in [0.1, 0.15) is 0 Å². The first-order valence-electron chi connectivity index (χ1n) is 7.37. The van der Waals surface area contributed by atoms with E-state index in [0.717, 1.165) is 10.5 Å². The van der Waals surface area contributed by atoms with Crippen LogP contribution < -0.4 is 5.73 Å². The van der Waals surface area contributed by atoms with Crippen molar-refractivity contribution in [1.29, 1.82) is 0 Å². The summed E-state index contributed by atoms with van der Waals surface area (Å²) in [5, 5.41) is 2.00. The zero-order chi connectivity index (χ0) is 14.1. The molecule has 2 unspecified atom stereocenters. The summed E-state index contributed by atoms with van der Waals surface area (Å²) in [6.07, 6.45) is 5.94. The molecular formula is C16H22ClN3. The number of nitrogens with zero attached hydrogens (tertiary/aromatic N) is 1. The van der Waals surface area contributed by atoms with Crippen molar-refractivity contribution in [1.82, 2.24) is 9.88 Å². The molecule has 0 radical (unpaired) electrons. The number of nitrogens with two attached hydrogens (primary N) is 1. The molecular weight excluding hydrogens is 270 g/mol. The Balaban J connectivity index is 2.00. The predicted molar refractivity (Wildman–Crippen MR) is 85.4 cm³/mol. The van der Waals surface area contributed by atoms with E-state index in [1.807, 2.05) is 18.2 Å². The number of fused-ring (bicyclic) bond motifs is 1. The number of hydrogen-bond donors (Lipinski definition) is 2. The Bertz CT molecular complexity index is 592. The summed E-state index contributed by atoms with van der Waals surface area (Å²) in [5.41, 5.74) is 8.56. The number of rotatable bonds is 3. The number of nitrogens with one attached hydrogen (secondary N) is 1. The smallest absolute Gasteiger partial charge is 0.0457 e. The molecule has 1 saturated heterocycles. The van der Waals surface area contributed by atoms with Gasteiger partial charge in [0.15, 0.2) is 0 Å². The molecule has 0 bridgehead atoms. The first kappa shape index (κ1) is 13.9. The molecule has 4 heteroatoms. The molecule has 3 rings (SSSR count). The van der Waals surface area contributed by atoms with Crippen LogP contribution in [0.1, 0.15) is 30.7 Å². The second-order valence-corrected chi connectivity index (χ2v) is 6.26. The van der Waals surface area contributed by atoms with Crippen LogP contribution >= 0.6 is 11.6 Å². The average Bonchev–Trinajstić information content (AvgIpc) is 2.85. The number of aromatic amines is 1. The Morgan fingerprint density at radius 2 is 2.30 bits per heavy atom. The van der Waals surface area contributed by atoms with Crippen molar-refractivity contribution in [3.05, 3.63) is 35.0 Å². The lowest BCUT2D eigenvalue weighted by Gasteiger charge is -2.37. The van der Waals surface area contributed by atoms with Crippen molar-refractivity contribution in [3.63, 3.8) is 0 Å². The fourth-order valence-corrected chi connectivity index (χ4v) is 3.69. The fourth-order valence-electron chi connectivity index (χ4n) is 3.52. The van der Waals surface area contributed by atoms with Crippen LogP contribution in [-0.2, 0) is 0 Å². The number of H-pyrrole nitrogens is 1. The number of piperidine rings is 1. The minimum absolute atomic E-state index is 0.368. The third-order valence-electron chi connectivity index (χ3n) is 4.62. The van der Waals surface area contributed by atoms with E-state index in [1.54, 1.807) is 0 Å². The lowest BCUT2D eigenvalue weighted by molar-refractivity contribution is 0.161. The van der Waals surface area contributed by atoms with Gasteiger partial charge in [-0.15, -0.1) is 0 Å². The van der Waals surface area contributed by atoms with Crippen LogP contribution in [0.25, 0.3) is 10.9 Å². The highest BCUT2D eigenvalue weighted by atomic mass is 35.5. The summed E-state index contributed by atoms with van der Waals surface area (Å²) in [5.74, 6) is 0.368. The summed E-state index contributed by atoms with van der Waals surface area (Å²) >= 11 is 6.15. The quantitative estimate of drug-likeness (QED) is 0.911. The fraction of sp³-hybridized carbons (Fsp3) is 0.500. The molecule has 1 aliphatic heterocycles. The highest BCUT2D eigenvalue weighted by Crippen LogP contribution is 2.34. The molecule has 2 heterocycles. The van der Waals surface area contributed by atoms with Gasteiger partial charge in [0.2, 0.25) is 0 Å². The molecule has 0 saturated carbocycles. The molecule has 3 nitrogen and oxygen atoms in total. The zero-order valence-electron chi connectivity index (χ0n) is 11.9. The first-order chi connectivity index (χ1) is 9.70. The van der Waals surface area contributed by atoms with Gasteiger partial charge >= 0.3 is 0 Å². The molecule has 2 aromatic rings. The molecule has 0 aliphatic carbocycles.